The summed E-state index contributed by atoms with van der Waals surface area (Å²) < 4.78 is 0. The zero-order valence-corrected chi connectivity index (χ0v) is 34.9. The van der Waals surface area contributed by atoms with E-state index in [-0.39, 0.29) is 32.4 Å². The fourth-order valence-electron chi connectivity index (χ4n) is 8.27. The molecule has 3 aliphatic rings. The summed E-state index contributed by atoms with van der Waals surface area (Å²) in [5.74, 6) is -6.04. The van der Waals surface area contributed by atoms with E-state index in [4.69, 9.17) is 0 Å². The minimum Gasteiger partial charge on any atom is -0.391 e. The number of aliphatic hydroxyl groups is 2. The van der Waals surface area contributed by atoms with Crippen LogP contribution in [0.4, 0.5) is 0 Å². The standard InChI is InChI=1S/C43H55N9O10/c1-23-37(56)45-22-34(55)47-30(19-26-11-5-4-6-12-26)38(57)49-36(25(3)54)41(60)50-35(24(2)53)40(59)48-31(20-27-21-44-29-14-8-7-13-28(27)29)42(61)52-18-10-16-33(52)43(62)51-17-9-15-32(51)39(58)46-23/h4-8,11-14,21,23-25,30-33,35-36,44,53-54H,9-10,15-20,22H2,1-3H3,(H,45,56)(H,46,58)(H,47,55)(H,48,59)(H,49,57)(H,50,60). The van der Waals surface area contributed by atoms with Gasteiger partial charge in [0.1, 0.15) is 42.3 Å². The molecule has 1 aromatic heterocycles. The molecule has 0 saturated carbocycles. The van der Waals surface area contributed by atoms with Gasteiger partial charge in [0.05, 0.1) is 18.8 Å². The topological polar surface area (TPSA) is 271 Å². The number of para-hydroxylation sites is 1. The molecule has 6 rings (SSSR count). The van der Waals surface area contributed by atoms with Crippen LogP contribution < -0.4 is 31.9 Å². The molecule has 9 N–H and O–H groups in total. The van der Waals surface area contributed by atoms with E-state index in [1.165, 1.54) is 30.6 Å². The fraction of sp³-hybridized carbons (Fsp3) is 0.488. The van der Waals surface area contributed by atoms with Crippen LogP contribution in [0.2, 0.25) is 0 Å². The molecule has 3 saturated heterocycles. The molecule has 9 atom stereocenters. The molecule has 0 spiro atoms. The lowest BCUT2D eigenvalue weighted by molar-refractivity contribution is -0.148. The number of carbonyl (C=O) groups excluding carboxylic acids is 8. The van der Waals surface area contributed by atoms with Gasteiger partial charge in [-0.3, -0.25) is 38.4 Å². The fourth-order valence-corrected chi connectivity index (χ4v) is 8.27. The highest BCUT2D eigenvalue weighted by molar-refractivity contribution is 5.99. The molecule has 332 valence electrons. The Balaban J connectivity index is 1.34. The van der Waals surface area contributed by atoms with E-state index in [9.17, 15) is 48.6 Å². The van der Waals surface area contributed by atoms with Gasteiger partial charge in [0.25, 0.3) is 0 Å². The second-order valence-electron chi connectivity index (χ2n) is 16.2. The molecule has 3 aromatic rings. The summed E-state index contributed by atoms with van der Waals surface area (Å²) in [6.45, 7) is 3.70. The van der Waals surface area contributed by atoms with Crippen molar-refractivity contribution in [1.82, 2.24) is 46.7 Å². The summed E-state index contributed by atoms with van der Waals surface area (Å²) in [6.07, 6.45) is 0.0322. The van der Waals surface area contributed by atoms with Crippen LogP contribution >= 0.6 is 0 Å². The van der Waals surface area contributed by atoms with Crippen molar-refractivity contribution in [3.63, 3.8) is 0 Å². The number of benzene rings is 2. The minimum atomic E-state index is -1.70. The zero-order valence-electron chi connectivity index (χ0n) is 34.9. The van der Waals surface area contributed by atoms with Crippen molar-refractivity contribution in [1.29, 1.82) is 0 Å². The average Bonchev–Trinajstić information content (AvgIpc) is 4.03. The number of hydrogen-bond acceptors (Lipinski definition) is 10. The quantitative estimate of drug-likeness (QED) is 0.135. The van der Waals surface area contributed by atoms with Gasteiger partial charge < -0.3 is 56.9 Å². The van der Waals surface area contributed by atoms with E-state index >= 15 is 0 Å². The summed E-state index contributed by atoms with van der Waals surface area (Å²) in [7, 11) is 0. The third-order valence-electron chi connectivity index (χ3n) is 11.6. The molecule has 19 heteroatoms. The van der Waals surface area contributed by atoms with Crippen LogP contribution in [-0.4, -0.2) is 146 Å². The normalized spacial score (nSPS) is 27.5. The third kappa shape index (κ3) is 10.6. The maximum absolute atomic E-state index is 14.7. The molecule has 0 bridgehead atoms. The molecule has 0 aliphatic carbocycles. The van der Waals surface area contributed by atoms with Crippen molar-refractivity contribution in [3.8, 4) is 0 Å². The van der Waals surface area contributed by atoms with Crippen molar-refractivity contribution in [2.75, 3.05) is 19.6 Å². The predicted molar refractivity (Wildman–Crippen MR) is 223 cm³/mol. The second kappa shape index (κ2) is 20.0. The number of aliphatic hydroxyl groups excluding tert-OH is 2. The van der Waals surface area contributed by atoms with E-state index in [0.717, 1.165) is 10.9 Å². The summed E-state index contributed by atoms with van der Waals surface area (Å²) in [4.78, 5) is 117. The Hall–Kier alpha value is -6.34. The van der Waals surface area contributed by atoms with Crippen LogP contribution in [0, 0.1) is 0 Å². The Morgan fingerprint density at radius 2 is 1.23 bits per heavy atom. The van der Waals surface area contributed by atoms with Gasteiger partial charge in [0.15, 0.2) is 0 Å². The lowest BCUT2D eigenvalue weighted by atomic mass is 10.0. The van der Waals surface area contributed by atoms with Gasteiger partial charge in [-0.05, 0) is 63.6 Å². The Kier molecular flexibility index (Phi) is 14.6. The highest BCUT2D eigenvalue weighted by Gasteiger charge is 2.45. The molecular weight excluding hydrogens is 803 g/mol. The highest BCUT2D eigenvalue weighted by Crippen LogP contribution is 2.27. The Morgan fingerprint density at radius 1 is 0.629 bits per heavy atom. The number of carbonyl (C=O) groups is 8. The van der Waals surface area contributed by atoms with Gasteiger partial charge in [-0.25, -0.2) is 0 Å². The first-order valence-electron chi connectivity index (χ1n) is 21.0. The van der Waals surface area contributed by atoms with E-state index in [1.54, 1.807) is 36.5 Å². The number of rotatable bonds is 6. The van der Waals surface area contributed by atoms with Gasteiger partial charge in [0.2, 0.25) is 47.3 Å². The van der Waals surface area contributed by atoms with Gasteiger partial charge >= 0.3 is 0 Å². The molecule has 62 heavy (non-hydrogen) atoms. The molecule has 4 heterocycles. The van der Waals surface area contributed by atoms with E-state index in [2.05, 4.69) is 36.9 Å². The Bertz CT molecular complexity index is 2160. The lowest BCUT2D eigenvalue weighted by Gasteiger charge is -2.34. The number of nitrogens with one attached hydrogen (secondary N) is 7. The van der Waals surface area contributed by atoms with Crippen molar-refractivity contribution < 1.29 is 48.6 Å². The van der Waals surface area contributed by atoms with Crippen LogP contribution in [0.1, 0.15) is 57.6 Å². The molecule has 19 nitrogen and oxygen atoms in total. The van der Waals surface area contributed by atoms with Gasteiger partial charge in [-0.2, -0.15) is 0 Å². The number of fused-ring (bicyclic) bond motifs is 3. The molecular formula is C43H55N9O10. The van der Waals surface area contributed by atoms with Crippen molar-refractivity contribution >= 4 is 58.2 Å². The van der Waals surface area contributed by atoms with Crippen LogP contribution in [0.3, 0.4) is 0 Å². The highest BCUT2D eigenvalue weighted by atomic mass is 16.3. The smallest absolute Gasteiger partial charge is 0.246 e. The summed E-state index contributed by atoms with van der Waals surface area (Å²) in [5, 5.41) is 37.6. The first-order chi connectivity index (χ1) is 29.6. The third-order valence-corrected chi connectivity index (χ3v) is 11.6. The summed E-state index contributed by atoms with van der Waals surface area (Å²) >= 11 is 0. The summed E-state index contributed by atoms with van der Waals surface area (Å²) in [5.41, 5.74) is 2.06. The van der Waals surface area contributed by atoms with Crippen LogP contribution in [-0.2, 0) is 51.2 Å². The van der Waals surface area contributed by atoms with Crippen molar-refractivity contribution in [2.45, 2.75) is 114 Å². The number of hydrogen-bond donors (Lipinski definition) is 9. The monoisotopic (exact) mass is 857 g/mol. The number of aromatic nitrogens is 1. The SMILES string of the molecule is CC1NC(=O)C2CCCN2C(=O)C2CCCN2C(=O)C(Cc2c[nH]c3ccccc23)NC(=O)C(C(C)O)NC(=O)C(C(C)O)NC(=O)C(Cc2ccccc2)NC(=O)CNC1=O. The minimum absolute atomic E-state index is 0.0535. The molecule has 0 radical (unpaired) electrons. The van der Waals surface area contributed by atoms with Gasteiger partial charge in [0, 0.05) is 43.0 Å². The second-order valence-corrected chi connectivity index (χ2v) is 16.2. The van der Waals surface area contributed by atoms with Crippen LogP contribution in [0.5, 0.6) is 0 Å². The molecule has 2 aromatic carbocycles. The number of aromatic amines is 1. The van der Waals surface area contributed by atoms with Crippen molar-refractivity contribution in [2.24, 2.45) is 0 Å². The molecule has 3 aliphatic heterocycles. The molecule has 3 fully saturated rings. The van der Waals surface area contributed by atoms with Crippen LogP contribution in [0.15, 0.2) is 60.8 Å². The van der Waals surface area contributed by atoms with Gasteiger partial charge in [-0.1, -0.05) is 48.5 Å². The number of nitrogens with zero attached hydrogens (tertiary/aromatic N) is 2. The van der Waals surface area contributed by atoms with E-state index < -0.39 is 108 Å². The Morgan fingerprint density at radius 3 is 1.90 bits per heavy atom. The number of H-pyrrole nitrogens is 1. The largest absolute Gasteiger partial charge is 0.391 e. The van der Waals surface area contributed by atoms with Crippen molar-refractivity contribution in [3.05, 3.63) is 71.9 Å². The number of amides is 8. The molecule has 9 unspecified atom stereocenters. The van der Waals surface area contributed by atoms with E-state index in [0.29, 0.717) is 30.4 Å². The zero-order chi connectivity index (χ0) is 44.7. The van der Waals surface area contributed by atoms with Crippen LogP contribution in [0.25, 0.3) is 10.9 Å². The van der Waals surface area contributed by atoms with Gasteiger partial charge in [-0.15, -0.1) is 0 Å². The summed E-state index contributed by atoms with van der Waals surface area (Å²) in [6, 6.07) is 6.89. The maximum atomic E-state index is 14.7. The Labute approximate surface area is 358 Å². The first kappa shape index (κ1) is 45.2. The predicted octanol–water partition coefficient (Wildman–Crippen LogP) is -1.73. The first-order valence-corrected chi connectivity index (χ1v) is 21.0. The maximum Gasteiger partial charge on any atom is 0.246 e. The molecule has 8 amide bonds. The lowest BCUT2D eigenvalue weighted by Crippen LogP contribution is -2.63. The average molecular weight is 858 g/mol. The van der Waals surface area contributed by atoms with E-state index in [1.807, 2.05) is 24.3 Å².